The van der Waals surface area contributed by atoms with E-state index >= 15 is 0 Å². The Morgan fingerprint density at radius 3 is 2.85 bits per heavy atom. The molecule has 3 heterocycles. The molecule has 0 amide bonds. The molecular weight excluding hydrogens is 250 g/mol. The summed E-state index contributed by atoms with van der Waals surface area (Å²) in [6.07, 6.45) is 6.05. The van der Waals surface area contributed by atoms with E-state index in [1.165, 1.54) is 12.8 Å². The summed E-state index contributed by atoms with van der Waals surface area (Å²) in [5, 5.41) is 6.58. The van der Waals surface area contributed by atoms with Crippen LogP contribution in [0, 0.1) is 6.92 Å². The second kappa shape index (κ2) is 5.96. The van der Waals surface area contributed by atoms with Crippen molar-refractivity contribution in [2.24, 2.45) is 0 Å². The molecule has 2 aromatic rings. The van der Waals surface area contributed by atoms with Gasteiger partial charge in [-0.25, -0.2) is 9.97 Å². The lowest BCUT2D eigenvalue weighted by Gasteiger charge is -2.21. The van der Waals surface area contributed by atoms with E-state index in [1.54, 1.807) is 6.20 Å². The summed E-state index contributed by atoms with van der Waals surface area (Å²) in [5.41, 5.74) is 2.05. The van der Waals surface area contributed by atoms with Gasteiger partial charge >= 0.3 is 0 Å². The van der Waals surface area contributed by atoms with Gasteiger partial charge in [-0.3, -0.25) is 4.98 Å². The van der Waals surface area contributed by atoms with Crippen molar-refractivity contribution in [2.45, 2.75) is 25.7 Å². The lowest BCUT2D eigenvalue weighted by atomic mass is 9.97. The van der Waals surface area contributed by atoms with E-state index in [-0.39, 0.29) is 0 Å². The van der Waals surface area contributed by atoms with Crippen LogP contribution in [-0.2, 0) is 0 Å². The maximum absolute atomic E-state index is 4.53. The van der Waals surface area contributed by atoms with Gasteiger partial charge in [0, 0.05) is 18.2 Å². The minimum atomic E-state index is 0.488. The molecule has 1 fully saturated rings. The van der Waals surface area contributed by atoms with Gasteiger partial charge in [-0.1, -0.05) is 6.07 Å². The summed E-state index contributed by atoms with van der Waals surface area (Å²) < 4.78 is 0. The van der Waals surface area contributed by atoms with Gasteiger partial charge in [0.15, 0.2) is 0 Å². The highest BCUT2D eigenvalue weighted by Gasteiger charge is 2.16. The molecular formula is C15H19N5. The maximum atomic E-state index is 4.53. The maximum Gasteiger partial charge on any atom is 0.150 e. The van der Waals surface area contributed by atoms with Gasteiger partial charge in [-0.15, -0.1) is 0 Å². The van der Waals surface area contributed by atoms with Crippen molar-refractivity contribution in [1.82, 2.24) is 20.3 Å². The Morgan fingerprint density at radius 1 is 1.20 bits per heavy atom. The summed E-state index contributed by atoms with van der Waals surface area (Å²) in [6, 6.07) is 5.86. The minimum absolute atomic E-state index is 0.488. The normalized spacial score (nSPS) is 18.8. The van der Waals surface area contributed by atoms with Gasteiger partial charge in [-0.2, -0.15) is 0 Å². The smallest absolute Gasteiger partial charge is 0.150 e. The van der Waals surface area contributed by atoms with Crippen molar-refractivity contribution in [3.63, 3.8) is 0 Å². The molecule has 0 aliphatic carbocycles. The molecule has 0 spiro atoms. The zero-order valence-electron chi connectivity index (χ0n) is 11.6. The average molecular weight is 269 g/mol. The van der Waals surface area contributed by atoms with Crippen LogP contribution >= 0.6 is 0 Å². The van der Waals surface area contributed by atoms with Gasteiger partial charge in [0.05, 0.1) is 18.1 Å². The van der Waals surface area contributed by atoms with Crippen molar-refractivity contribution < 1.29 is 0 Å². The number of hydrogen-bond acceptors (Lipinski definition) is 5. The van der Waals surface area contributed by atoms with E-state index in [9.17, 15) is 0 Å². The van der Waals surface area contributed by atoms with Gasteiger partial charge in [-0.05, 0) is 38.4 Å². The molecule has 20 heavy (non-hydrogen) atoms. The van der Waals surface area contributed by atoms with Crippen LogP contribution in [0.2, 0.25) is 0 Å². The molecule has 0 unspecified atom stereocenters. The fourth-order valence-corrected chi connectivity index (χ4v) is 2.46. The Hall–Kier alpha value is -2.01. The monoisotopic (exact) mass is 269 g/mol. The molecule has 2 aromatic heterocycles. The predicted molar refractivity (Wildman–Crippen MR) is 79.1 cm³/mol. The fourth-order valence-electron chi connectivity index (χ4n) is 2.46. The van der Waals surface area contributed by atoms with Crippen LogP contribution in [0.1, 0.15) is 30.1 Å². The first-order valence-corrected chi connectivity index (χ1v) is 7.04. The van der Waals surface area contributed by atoms with Crippen molar-refractivity contribution >= 4 is 11.6 Å². The summed E-state index contributed by atoms with van der Waals surface area (Å²) in [7, 11) is 0. The first kappa shape index (κ1) is 13.0. The first-order chi connectivity index (χ1) is 9.81. The fraction of sp³-hybridized carbons (Fsp3) is 0.400. The SMILES string of the molecule is Cc1cccc(Nc2cnc([C@H]3CCCNC3)cn2)n1. The molecule has 1 aliphatic rings. The lowest BCUT2D eigenvalue weighted by Crippen LogP contribution is -2.28. The van der Waals surface area contributed by atoms with E-state index in [1.807, 2.05) is 31.3 Å². The number of anilines is 2. The van der Waals surface area contributed by atoms with Crippen LogP contribution in [0.5, 0.6) is 0 Å². The number of rotatable bonds is 3. The van der Waals surface area contributed by atoms with Gasteiger partial charge < -0.3 is 10.6 Å². The topological polar surface area (TPSA) is 62.7 Å². The van der Waals surface area contributed by atoms with E-state index in [4.69, 9.17) is 0 Å². The van der Waals surface area contributed by atoms with E-state index in [0.717, 1.165) is 36.1 Å². The highest BCUT2D eigenvalue weighted by Crippen LogP contribution is 2.21. The molecule has 0 saturated carbocycles. The summed E-state index contributed by atoms with van der Waals surface area (Å²) >= 11 is 0. The van der Waals surface area contributed by atoms with Crippen LogP contribution < -0.4 is 10.6 Å². The largest absolute Gasteiger partial charge is 0.324 e. The predicted octanol–water partition coefficient (Wildman–Crippen LogP) is 2.39. The van der Waals surface area contributed by atoms with Crippen LogP contribution in [0.3, 0.4) is 0 Å². The Labute approximate surface area is 118 Å². The molecule has 5 heteroatoms. The van der Waals surface area contributed by atoms with Gasteiger partial charge in [0.2, 0.25) is 0 Å². The van der Waals surface area contributed by atoms with Crippen LogP contribution in [0.25, 0.3) is 0 Å². The van der Waals surface area contributed by atoms with Crippen LogP contribution in [0.15, 0.2) is 30.6 Å². The second-order valence-electron chi connectivity index (χ2n) is 5.16. The summed E-state index contributed by atoms with van der Waals surface area (Å²) in [4.78, 5) is 13.4. The van der Waals surface area contributed by atoms with Gasteiger partial charge in [0.25, 0.3) is 0 Å². The molecule has 3 rings (SSSR count). The molecule has 0 bridgehead atoms. The third-order valence-corrected chi connectivity index (χ3v) is 3.53. The van der Waals surface area contributed by atoms with Crippen molar-refractivity contribution in [2.75, 3.05) is 18.4 Å². The van der Waals surface area contributed by atoms with Crippen molar-refractivity contribution in [3.05, 3.63) is 42.0 Å². The molecule has 104 valence electrons. The van der Waals surface area contributed by atoms with Crippen molar-refractivity contribution in [1.29, 1.82) is 0 Å². The molecule has 2 N–H and O–H groups in total. The average Bonchev–Trinajstić information content (AvgIpc) is 2.49. The first-order valence-electron chi connectivity index (χ1n) is 7.04. The van der Waals surface area contributed by atoms with Crippen molar-refractivity contribution in [3.8, 4) is 0 Å². The highest BCUT2D eigenvalue weighted by molar-refractivity contribution is 5.50. The zero-order chi connectivity index (χ0) is 13.8. The number of hydrogen-bond donors (Lipinski definition) is 2. The lowest BCUT2D eigenvalue weighted by molar-refractivity contribution is 0.454. The highest BCUT2D eigenvalue weighted by atomic mass is 15.1. The number of piperidine rings is 1. The minimum Gasteiger partial charge on any atom is -0.324 e. The Bertz CT molecular complexity index is 561. The quantitative estimate of drug-likeness (QED) is 0.896. The third-order valence-electron chi connectivity index (χ3n) is 3.53. The summed E-state index contributed by atoms with van der Waals surface area (Å²) in [6.45, 7) is 4.08. The number of pyridine rings is 1. The Morgan fingerprint density at radius 2 is 2.15 bits per heavy atom. The van der Waals surface area contributed by atoms with E-state index in [2.05, 4.69) is 25.6 Å². The molecule has 0 radical (unpaired) electrons. The molecule has 1 saturated heterocycles. The summed E-state index contributed by atoms with van der Waals surface area (Å²) in [5.74, 6) is 2.02. The van der Waals surface area contributed by atoms with Gasteiger partial charge in [0.1, 0.15) is 11.6 Å². The Balaban J connectivity index is 1.69. The standard InChI is InChI=1S/C15H19N5/c1-11-4-2-6-14(19-11)20-15-10-17-13(9-18-15)12-5-3-7-16-8-12/h2,4,6,9-10,12,16H,3,5,7-8H2,1H3,(H,18,19,20)/t12-/m0/s1. The number of aryl methyl sites for hydroxylation is 1. The Kier molecular flexibility index (Phi) is 3.87. The van der Waals surface area contributed by atoms with E-state index < -0.39 is 0 Å². The number of aromatic nitrogens is 3. The molecule has 0 aromatic carbocycles. The zero-order valence-corrected chi connectivity index (χ0v) is 11.6. The molecule has 1 aliphatic heterocycles. The van der Waals surface area contributed by atoms with Crippen LogP contribution in [0.4, 0.5) is 11.6 Å². The third kappa shape index (κ3) is 3.11. The molecule has 1 atom stereocenters. The second-order valence-corrected chi connectivity index (χ2v) is 5.16. The number of nitrogens with one attached hydrogen (secondary N) is 2. The van der Waals surface area contributed by atoms with E-state index in [0.29, 0.717) is 5.92 Å². The number of nitrogens with zero attached hydrogens (tertiary/aromatic N) is 3. The molecule has 5 nitrogen and oxygen atoms in total. The van der Waals surface area contributed by atoms with Crippen LogP contribution in [-0.4, -0.2) is 28.0 Å².